The van der Waals surface area contributed by atoms with Gasteiger partial charge in [0.05, 0.1) is 25.5 Å². The number of hydrogen-bond donors (Lipinski definition) is 2. The second-order valence-corrected chi connectivity index (χ2v) is 6.62. The van der Waals surface area contributed by atoms with Crippen LogP contribution >= 0.6 is 0 Å². The van der Waals surface area contributed by atoms with Crippen LogP contribution < -0.4 is 20.1 Å². The zero-order valence-electron chi connectivity index (χ0n) is 17.6. The zero-order chi connectivity index (χ0) is 22.2. The number of ether oxygens (including phenoxy) is 2. The van der Waals surface area contributed by atoms with E-state index in [1.54, 1.807) is 42.7 Å². The molecule has 0 fully saturated rings. The summed E-state index contributed by atoms with van der Waals surface area (Å²) in [7, 11) is 3.06. The maximum absolute atomic E-state index is 12.2. The molecule has 0 spiro atoms. The van der Waals surface area contributed by atoms with Gasteiger partial charge in [-0.1, -0.05) is 13.0 Å². The molecule has 0 aliphatic heterocycles. The molecule has 1 aromatic heterocycles. The third-order valence-corrected chi connectivity index (χ3v) is 4.55. The van der Waals surface area contributed by atoms with E-state index in [-0.39, 0.29) is 5.91 Å². The third kappa shape index (κ3) is 5.08. The van der Waals surface area contributed by atoms with Crippen LogP contribution in [0.25, 0.3) is 11.1 Å². The minimum Gasteiger partial charge on any atom is -0.495 e. The van der Waals surface area contributed by atoms with Crippen LogP contribution in [0.4, 0.5) is 11.6 Å². The van der Waals surface area contributed by atoms with Gasteiger partial charge in [-0.3, -0.25) is 4.79 Å². The summed E-state index contributed by atoms with van der Waals surface area (Å²) >= 11 is 0. The van der Waals surface area contributed by atoms with Crippen molar-refractivity contribution in [2.75, 3.05) is 26.1 Å². The highest BCUT2D eigenvalue weighted by atomic mass is 16.5. The summed E-state index contributed by atoms with van der Waals surface area (Å²) in [5.41, 5.74) is 3.24. The molecule has 0 saturated heterocycles. The Kier molecular flexibility index (Phi) is 7.01. The van der Waals surface area contributed by atoms with Crippen molar-refractivity contribution >= 4 is 17.5 Å². The fraction of sp³-hybridized carbons (Fsp3) is 0.217. The summed E-state index contributed by atoms with van der Waals surface area (Å²) in [6.07, 6.45) is 4.22. The van der Waals surface area contributed by atoms with E-state index in [1.807, 2.05) is 13.0 Å². The number of anilines is 2. The molecule has 0 aliphatic carbocycles. The number of benzene rings is 2. The van der Waals surface area contributed by atoms with Crippen molar-refractivity contribution < 1.29 is 14.3 Å². The van der Waals surface area contributed by atoms with Gasteiger partial charge in [-0.05, 0) is 42.3 Å². The van der Waals surface area contributed by atoms with Gasteiger partial charge in [-0.2, -0.15) is 5.26 Å². The standard InChI is InChI=1S/C23H23N5O3/c1-4-9-25-22(29)16-7-8-19(21(11-16)31-3)28-23-26-13-18(14-27-23)15-5-6-17(12-24)20(10-15)30-2/h5-8,10-11,13-14H,4,9H2,1-3H3,(H,25,29)(H,26,27,28). The third-order valence-electron chi connectivity index (χ3n) is 4.55. The minimum atomic E-state index is -0.148. The van der Waals surface area contributed by atoms with Crippen molar-refractivity contribution in [2.45, 2.75) is 13.3 Å². The van der Waals surface area contributed by atoms with Crippen molar-refractivity contribution in [1.29, 1.82) is 5.26 Å². The lowest BCUT2D eigenvalue weighted by atomic mass is 10.1. The second-order valence-electron chi connectivity index (χ2n) is 6.62. The van der Waals surface area contributed by atoms with Gasteiger partial charge < -0.3 is 20.1 Å². The average Bonchev–Trinajstić information content (AvgIpc) is 2.82. The summed E-state index contributed by atoms with van der Waals surface area (Å²) < 4.78 is 10.7. The van der Waals surface area contributed by atoms with E-state index < -0.39 is 0 Å². The highest BCUT2D eigenvalue weighted by Gasteiger charge is 2.12. The molecular weight excluding hydrogens is 394 g/mol. The SMILES string of the molecule is CCCNC(=O)c1ccc(Nc2ncc(-c3ccc(C#N)c(OC)c3)cn2)c(OC)c1. The zero-order valence-corrected chi connectivity index (χ0v) is 17.6. The Balaban J connectivity index is 1.78. The van der Waals surface area contributed by atoms with E-state index in [1.165, 1.54) is 14.2 Å². The van der Waals surface area contributed by atoms with Gasteiger partial charge >= 0.3 is 0 Å². The molecule has 2 aromatic carbocycles. The van der Waals surface area contributed by atoms with Crippen molar-refractivity contribution in [3.05, 3.63) is 59.9 Å². The first-order valence-electron chi connectivity index (χ1n) is 9.73. The number of nitrogens with zero attached hydrogens (tertiary/aromatic N) is 3. The molecule has 0 atom stereocenters. The predicted molar refractivity (Wildman–Crippen MR) is 118 cm³/mol. The first kappa shape index (κ1) is 21.6. The molecule has 1 heterocycles. The van der Waals surface area contributed by atoms with E-state index in [0.29, 0.717) is 40.8 Å². The normalized spacial score (nSPS) is 10.1. The monoisotopic (exact) mass is 417 g/mol. The topological polar surface area (TPSA) is 109 Å². The van der Waals surface area contributed by atoms with E-state index in [4.69, 9.17) is 14.7 Å². The van der Waals surface area contributed by atoms with E-state index in [2.05, 4.69) is 26.7 Å². The smallest absolute Gasteiger partial charge is 0.251 e. The first-order valence-corrected chi connectivity index (χ1v) is 9.73. The molecule has 0 bridgehead atoms. The number of methoxy groups -OCH3 is 2. The van der Waals surface area contributed by atoms with Crippen LogP contribution in [-0.2, 0) is 0 Å². The van der Waals surface area contributed by atoms with Gasteiger partial charge in [0.15, 0.2) is 0 Å². The fourth-order valence-corrected chi connectivity index (χ4v) is 2.90. The number of aromatic nitrogens is 2. The highest BCUT2D eigenvalue weighted by molar-refractivity contribution is 5.95. The molecule has 0 saturated carbocycles. The van der Waals surface area contributed by atoms with Crippen molar-refractivity contribution in [2.24, 2.45) is 0 Å². The fourth-order valence-electron chi connectivity index (χ4n) is 2.90. The van der Waals surface area contributed by atoms with Crippen LogP contribution in [-0.4, -0.2) is 36.6 Å². The van der Waals surface area contributed by atoms with Crippen LogP contribution in [0.1, 0.15) is 29.3 Å². The van der Waals surface area contributed by atoms with Gasteiger partial charge in [0.25, 0.3) is 5.91 Å². The lowest BCUT2D eigenvalue weighted by molar-refractivity contribution is 0.0953. The highest BCUT2D eigenvalue weighted by Crippen LogP contribution is 2.29. The minimum absolute atomic E-state index is 0.148. The number of nitrogens with one attached hydrogen (secondary N) is 2. The Morgan fingerprint density at radius 1 is 1.03 bits per heavy atom. The average molecular weight is 417 g/mol. The molecule has 3 rings (SSSR count). The number of hydrogen-bond acceptors (Lipinski definition) is 7. The Morgan fingerprint density at radius 2 is 1.77 bits per heavy atom. The van der Waals surface area contributed by atoms with E-state index >= 15 is 0 Å². The lowest BCUT2D eigenvalue weighted by Gasteiger charge is -2.12. The van der Waals surface area contributed by atoms with E-state index in [0.717, 1.165) is 17.5 Å². The molecule has 0 unspecified atom stereocenters. The number of nitriles is 1. The van der Waals surface area contributed by atoms with Crippen molar-refractivity contribution in [1.82, 2.24) is 15.3 Å². The molecule has 1 amide bonds. The molecule has 0 aliphatic rings. The summed E-state index contributed by atoms with van der Waals surface area (Å²) in [6.45, 7) is 2.61. The summed E-state index contributed by atoms with van der Waals surface area (Å²) in [6, 6.07) is 12.5. The van der Waals surface area contributed by atoms with Gasteiger partial charge in [0.1, 0.15) is 17.6 Å². The first-order chi connectivity index (χ1) is 15.1. The molecule has 2 N–H and O–H groups in total. The van der Waals surface area contributed by atoms with Crippen LogP contribution in [0, 0.1) is 11.3 Å². The number of carbonyl (C=O) groups excluding carboxylic acids is 1. The van der Waals surface area contributed by atoms with Crippen molar-refractivity contribution in [3.63, 3.8) is 0 Å². The number of amides is 1. The Bertz CT molecular complexity index is 1110. The van der Waals surface area contributed by atoms with Crippen LogP contribution in [0.2, 0.25) is 0 Å². The van der Waals surface area contributed by atoms with Crippen LogP contribution in [0.3, 0.4) is 0 Å². The molecule has 8 heteroatoms. The second kappa shape index (κ2) is 10.1. The number of rotatable bonds is 8. The largest absolute Gasteiger partial charge is 0.495 e. The van der Waals surface area contributed by atoms with Gasteiger partial charge in [-0.25, -0.2) is 9.97 Å². The Morgan fingerprint density at radius 3 is 2.42 bits per heavy atom. The Hall–Kier alpha value is -4.12. The lowest BCUT2D eigenvalue weighted by Crippen LogP contribution is -2.23. The quantitative estimate of drug-likeness (QED) is 0.572. The molecule has 3 aromatic rings. The van der Waals surface area contributed by atoms with E-state index in [9.17, 15) is 4.79 Å². The molecule has 8 nitrogen and oxygen atoms in total. The van der Waals surface area contributed by atoms with Gasteiger partial charge in [0.2, 0.25) is 5.95 Å². The summed E-state index contributed by atoms with van der Waals surface area (Å²) in [5, 5.41) is 15.1. The molecule has 31 heavy (non-hydrogen) atoms. The maximum Gasteiger partial charge on any atom is 0.251 e. The number of carbonyl (C=O) groups is 1. The van der Waals surface area contributed by atoms with Gasteiger partial charge in [0, 0.05) is 30.1 Å². The molecule has 158 valence electrons. The van der Waals surface area contributed by atoms with Crippen LogP contribution in [0.15, 0.2) is 48.8 Å². The molecule has 0 radical (unpaired) electrons. The molecular formula is C23H23N5O3. The maximum atomic E-state index is 12.2. The van der Waals surface area contributed by atoms with Gasteiger partial charge in [-0.15, -0.1) is 0 Å². The summed E-state index contributed by atoms with van der Waals surface area (Å²) in [4.78, 5) is 20.9. The Labute approximate surface area is 180 Å². The van der Waals surface area contributed by atoms with Crippen LogP contribution in [0.5, 0.6) is 11.5 Å². The predicted octanol–water partition coefficient (Wildman–Crippen LogP) is 3.92. The summed E-state index contributed by atoms with van der Waals surface area (Å²) in [5.74, 6) is 1.24. The van der Waals surface area contributed by atoms with Crippen molar-refractivity contribution in [3.8, 4) is 28.7 Å².